The molecule has 0 unspecified atom stereocenters. The number of hydrogen-bond acceptors (Lipinski definition) is 6. The van der Waals surface area contributed by atoms with Gasteiger partial charge in [-0.3, -0.25) is 14.9 Å². The number of fused-ring (bicyclic) bond motifs is 1. The van der Waals surface area contributed by atoms with E-state index in [9.17, 15) is 14.9 Å². The van der Waals surface area contributed by atoms with Crippen molar-refractivity contribution in [3.05, 3.63) is 63.7 Å². The van der Waals surface area contributed by atoms with E-state index in [4.69, 9.17) is 9.47 Å². The van der Waals surface area contributed by atoms with Gasteiger partial charge in [-0.15, -0.1) is 0 Å². The quantitative estimate of drug-likeness (QED) is 0.526. The van der Waals surface area contributed by atoms with Gasteiger partial charge < -0.3 is 9.47 Å². The van der Waals surface area contributed by atoms with E-state index in [0.717, 1.165) is 0 Å². The Kier molecular flexibility index (Phi) is 4.37. The van der Waals surface area contributed by atoms with E-state index >= 15 is 0 Å². The third-order valence-electron chi connectivity index (χ3n) is 3.31. The normalized spacial score (nSPS) is 12.8. The molecule has 1 amide bonds. The highest BCUT2D eigenvalue weighted by molar-refractivity contribution is 5.95. The van der Waals surface area contributed by atoms with E-state index in [-0.39, 0.29) is 11.3 Å². The van der Waals surface area contributed by atoms with Crippen LogP contribution in [0.3, 0.4) is 0 Å². The van der Waals surface area contributed by atoms with E-state index in [2.05, 4.69) is 10.5 Å². The Balaban J connectivity index is 1.68. The molecule has 0 radical (unpaired) electrons. The molecule has 0 bridgehead atoms. The molecular weight excluding hydrogens is 314 g/mol. The zero-order valence-electron chi connectivity index (χ0n) is 12.5. The predicted molar refractivity (Wildman–Crippen MR) is 85.6 cm³/mol. The summed E-state index contributed by atoms with van der Waals surface area (Å²) in [6, 6.07) is 10.6. The molecule has 1 aliphatic rings. The van der Waals surface area contributed by atoms with Crippen molar-refractivity contribution in [2.75, 3.05) is 13.2 Å². The fourth-order valence-corrected chi connectivity index (χ4v) is 2.16. The molecule has 0 atom stereocenters. The highest BCUT2D eigenvalue weighted by atomic mass is 16.6. The maximum Gasteiger partial charge on any atom is 0.271 e. The van der Waals surface area contributed by atoms with E-state index in [1.165, 1.54) is 30.5 Å². The van der Waals surface area contributed by atoms with Crippen molar-refractivity contribution < 1.29 is 19.2 Å². The summed E-state index contributed by atoms with van der Waals surface area (Å²) >= 11 is 0. The molecule has 24 heavy (non-hydrogen) atoms. The first-order valence-electron chi connectivity index (χ1n) is 7.11. The Hall–Kier alpha value is -3.42. The second kappa shape index (κ2) is 6.78. The van der Waals surface area contributed by atoms with Crippen LogP contribution in [0.1, 0.15) is 15.9 Å². The average Bonchev–Trinajstić information content (AvgIpc) is 2.62. The molecule has 2 aromatic rings. The van der Waals surface area contributed by atoms with Crippen LogP contribution in [-0.2, 0) is 0 Å². The zero-order chi connectivity index (χ0) is 16.9. The number of carbonyl (C=O) groups excluding carboxylic acids is 1. The minimum Gasteiger partial charge on any atom is -0.486 e. The number of ether oxygens (including phenoxy) is 2. The zero-order valence-corrected chi connectivity index (χ0v) is 12.5. The van der Waals surface area contributed by atoms with Gasteiger partial charge in [-0.25, -0.2) is 5.43 Å². The van der Waals surface area contributed by atoms with Gasteiger partial charge >= 0.3 is 0 Å². The summed E-state index contributed by atoms with van der Waals surface area (Å²) in [5.74, 6) is 0.743. The summed E-state index contributed by atoms with van der Waals surface area (Å²) in [5, 5.41) is 14.5. The number of nitro benzene ring substituents is 1. The fourth-order valence-electron chi connectivity index (χ4n) is 2.16. The largest absolute Gasteiger partial charge is 0.486 e. The molecule has 1 aliphatic heterocycles. The number of non-ortho nitro benzene ring substituents is 1. The third kappa shape index (κ3) is 3.32. The number of rotatable bonds is 4. The highest BCUT2D eigenvalue weighted by Gasteiger charge is 2.14. The lowest BCUT2D eigenvalue weighted by Crippen LogP contribution is -2.18. The van der Waals surface area contributed by atoms with Crippen LogP contribution < -0.4 is 14.9 Å². The van der Waals surface area contributed by atoms with Crippen LogP contribution >= 0.6 is 0 Å². The molecule has 2 aromatic carbocycles. The molecule has 0 aromatic heterocycles. The number of hydrazone groups is 1. The lowest BCUT2D eigenvalue weighted by Gasteiger charge is -2.19. The van der Waals surface area contributed by atoms with Crippen molar-refractivity contribution >= 4 is 17.8 Å². The Morgan fingerprint density at radius 2 is 1.92 bits per heavy atom. The van der Waals surface area contributed by atoms with Crippen molar-refractivity contribution in [1.29, 1.82) is 0 Å². The van der Waals surface area contributed by atoms with Gasteiger partial charge in [-0.2, -0.15) is 5.10 Å². The van der Waals surface area contributed by atoms with Gasteiger partial charge in [0.2, 0.25) is 0 Å². The molecule has 8 nitrogen and oxygen atoms in total. The summed E-state index contributed by atoms with van der Waals surface area (Å²) in [4.78, 5) is 22.0. The van der Waals surface area contributed by atoms with Crippen molar-refractivity contribution in [2.45, 2.75) is 0 Å². The minimum absolute atomic E-state index is 0.0805. The van der Waals surface area contributed by atoms with Crippen LogP contribution in [0.2, 0.25) is 0 Å². The van der Waals surface area contributed by atoms with Gasteiger partial charge in [-0.1, -0.05) is 6.07 Å². The van der Waals surface area contributed by atoms with Gasteiger partial charge in [-0.05, 0) is 24.3 Å². The standard InChI is InChI=1S/C16H13N3O5/c20-16(11-4-6-13(7-5-11)19(21)22)18-17-10-12-2-1-3-14-15(12)24-9-8-23-14/h1-7,10H,8-9H2,(H,18,20)/b17-10-. The number of nitrogens with zero attached hydrogens (tertiary/aromatic N) is 2. The number of para-hydroxylation sites is 1. The summed E-state index contributed by atoms with van der Waals surface area (Å²) in [6.45, 7) is 0.942. The second-order valence-electron chi connectivity index (χ2n) is 4.87. The van der Waals surface area contributed by atoms with Crippen LogP contribution in [0.5, 0.6) is 11.5 Å². The van der Waals surface area contributed by atoms with E-state index in [1.807, 2.05) is 0 Å². The van der Waals surface area contributed by atoms with Crippen LogP contribution in [0, 0.1) is 10.1 Å². The Labute approximate surface area is 136 Å². The SMILES string of the molecule is O=C(N/N=C\c1cccc2c1OCCO2)c1ccc([N+](=O)[O-])cc1. The molecular formula is C16H13N3O5. The van der Waals surface area contributed by atoms with Crippen molar-refractivity contribution in [3.63, 3.8) is 0 Å². The van der Waals surface area contributed by atoms with Gasteiger partial charge in [0.25, 0.3) is 11.6 Å². The van der Waals surface area contributed by atoms with Gasteiger partial charge in [0.15, 0.2) is 11.5 Å². The van der Waals surface area contributed by atoms with Gasteiger partial charge in [0.1, 0.15) is 13.2 Å². The number of benzene rings is 2. The molecule has 0 saturated carbocycles. The third-order valence-corrected chi connectivity index (χ3v) is 3.31. The molecule has 8 heteroatoms. The lowest BCUT2D eigenvalue weighted by molar-refractivity contribution is -0.384. The Morgan fingerprint density at radius 1 is 1.17 bits per heavy atom. The fraction of sp³-hybridized carbons (Fsp3) is 0.125. The Morgan fingerprint density at radius 3 is 2.67 bits per heavy atom. The number of amides is 1. The van der Waals surface area contributed by atoms with Crippen LogP contribution in [0.15, 0.2) is 47.6 Å². The second-order valence-corrected chi connectivity index (χ2v) is 4.87. The number of nitro groups is 1. The van der Waals surface area contributed by atoms with Gasteiger partial charge in [0, 0.05) is 23.3 Å². The summed E-state index contributed by atoms with van der Waals surface area (Å²) < 4.78 is 11.0. The summed E-state index contributed by atoms with van der Waals surface area (Å²) in [7, 11) is 0. The number of carbonyl (C=O) groups is 1. The number of hydrogen-bond donors (Lipinski definition) is 1. The van der Waals surface area contributed by atoms with Crippen LogP contribution in [0.25, 0.3) is 0 Å². The molecule has 1 heterocycles. The van der Waals surface area contributed by atoms with Crippen molar-refractivity contribution in [3.8, 4) is 11.5 Å². The molecule has 122 valence electrons. The molecule has 1 N–H and O–H groups in total. The molecule has 0 aliphatic carbocycles. The highest BCUT2D eigenvalue weighted by Crippen LogP contribution is 2.32. The molecule has 3 rings (SSSR count). The van der Waals surface area contributed by atoms with Crippen LogP contribution in [0.4, 0.5) is 5.69 Å². The monoisotopic (exact) mass is 327 g/mol. The Bertz CT molecular complexity index is 802. The first-order valence-corrected chi connectivity index (χ1v) is 7.11. The van der Waals surface area contributed by atoms with Gasteiger partial charge in [0.05, 0.1) is 11.1 Å². The minimum atomic E-state index is -0.527. The molecule has 0 saturated heterocycles. The summed E-state index contributed by atoms with van der Waals surface area (Å²) in [6.07, 6.45) is 1.46. The van der Waals surface area contributed by atoms with E-state index in [1.54, 1.807) is 18.2 Å². The van der Waals surface area contributed by atoms with Crippen molar-refractivity contribution in [1.82, 2.24) is 5.43 Å². The maximum absolute atomic E-state index is 12.0. The topological polar surface area (TPSA) is 103 Å². The molecule has 0 fully saturated rings. The van der Waals surface area contributed by atoms with E-state index in [0.29, 0.717) is 30.3 Å². The average molecular weight is 327 g/mol. The lowest BCUT2D eigenvalue weighted by atomic mass is 10.2. The first-order chi connectivity index (χ1) is 11.6. The maximum atomic E-state index is 12.0. The number of nitrogens with one attached hydrogen (secondary N) is 1. The first kappa shape index (κ1) is 15.5. The predicted octanol–water partition coefficient (Wildman–Crippen LogP) is 2.13. The molecule has 0 spiro atoms. The smallest absolute Gasteiger partial charge is 0.271 e. The van der Waals surface area contributed by atoms with Crippen LogP contribution in [-0.4, -0.2) is 30.3 Å². The van der Waals surface area contributed by atoms with E-state index < -0.39 is 10.8 Å². The summed E-state index contributed by atoms with van der Waals surface area (Å²) in [5.41, 5.74) is 3.23. The van der Waals surface area contributed by atoms with Crippen molar-refractivity contribution in [2.24, 2.45) is 5.10 Å².